The summed E-state index contributed by atoms with van der Waals surface area (Å²) < 4.78 is 13.6. The molecule has 0 aliphatic carbocycles. The average Bonchev–Trinajstić information content (AvgIpc) is 3.01. The van der Waals surface area contributed by atoms with Crippen molar-refractivity contribution in [3.05, 3.63) is 143 Å². The Bertz CT molecular complexity index is 1290. The predicted molar refractivity (Wildman–Crippen MR) is 169 cm³/mol. The maximum atomic E-state index is 6.80. The van der Waals surface area contributed by atoms with E-state index in [1.807, 2.05) is 0 Å². The third-order valence-electron chi connectivity index (χ3n) is 8.17. The summed E-state index contributed by atoms with van der Waals surface area (Å²) in [5, 5.41) is 0.725. The van der Waals surface area contributed by atoms with Crippen molar-refractivity contribution in [2.24, 2.45) is 5.92 Å². The van der Waals surface area contributed by atoms with Crippen LogP contribution >= 0.6 is 11.8 Å². The first kappa shape index (κ1) is 28.7. The van der Waals surface area contributed by atoms with Gasteiger partial charge in [0.15, 0.2) is 0 Å². The van der Waals surface area contributed by atoms with E-state index in [2.05, 4.69) is 142 Å². The highest BCUT2D eigenvalue weighted by Gasteiger charge is 2.44. The second-order valence-corrected chi connectivity index (χ2v) is 12.4. The monoisotopic (exact) mass is 550 g/mol. The lowest BCUT2D eigenvalue weighted by molar-refractivity contribution is -0.112. The first-order valence-corrected chi connectivity index (χ1v) is 15.7. The summed E-state index contributed by atoms with van der Waals surface area (Å²) in [4.78, 5) is 0. The van der Waals surface area contributed by atoms with E-state index in [0.717, 1.165) is 19.3 Å². The fourth-order valence-electron chi connectivity index (χ4n) is 5.72. The van der Waals surface area contributed by atoms with Gasteiger partial charge in [0.2, 0.25) is 0 Å². The highest BCUT2D eigenvalue weighted by molar-refractivity contribution is 8.00. The molecule has 0 spiro atoms. The minimum Gasteiger partial charge on any atom is -0.370 e. The van der Waals surface area contributed by atoms with E-state index in [0.29, 0.717) is 24.4 Å². The topological polar surface area (TPSA) is 18.5 Å². The molecule has 5 atom stereocenters. The van der Waals surface area contributed by atoms with Crippen molar-refractivity contribution in [3.63, 3.8) is 0 Å². The van der Waals surface area contributed by atoms with Gasteiger partial charge in [-0.25, -0.2) is 0 Å². The molecule has 1 heterocycles. The van der Waals surface area contributed by atoms with Gasteiger partial charge in [-0.3, -0.25) is 0 Å². The van der Waals surface area contributed by atoms with Crippen LogP contribution in [0.1, 0.15) is 65.8 Å². The van der Waals surface area contributed by atoms with E-state index in [9.17, 15) is 0 Å². The van der Waals surface area contributed by atoms with Crippen LogP contribution in [0.15, 0.2) is 109 Å². The van der Waals surface area contributed by atoms with Crippen LogP contribution in [-0.2, 0) is 35.5 Å². The Labute approximate surface area is 245 Å². The molecular weight excluding hydrogens is 508 g/mol. The number of thioether (sulfide) groups is 1. The number of benzene rings is 4. The number of ether oxygens (including phenoxy) is 2. The van der Waals surface area contributed by atoms with Crippen LogP contribution in [0, 0.1) is 5.92 Å². The van der Waals surface area contributed by atoms with Gasteiger partial charge in [0.05, 0.1) is 24.6 Å². The van der Waals surface area contributed by atoms with E-state index < -0.39 is 0 Å². The second-order valence-electron chi connectivity index (χ2n) is 11.0. The molecule has 0 N–H and O–H groups in total. The molecule has 4 aromatic carbocycles. The number of aryl methyl sites for hydroxylation is 1. The normalized spacial score (nSPS) is 22.7. The Morgan fingerprint density at radius 1 is 0.575 bits per heavy atom. The quantitative estimate of drug-likeness (QED) is 0.185. The largest absolute Gasteiger partial charge is 0.370 e. The van der Waals surface area contributed by atoms with Crippen LogP contribution in [0.2, 0.25) is 0 Å². The van der Waals surface area contributed by atoms with E-state index >= 15 is 0 Å². The molecule has 0 unspecified atom stereocenters. The van der Waals surface area contributed by atoms with Crippen LogP contribution in [0.3, 0.4) is 0 Å². The first-order chi connectivity index (χ1) is 19.6. The summed E-state index contributed by atoms with van der Waals surface area (Å²) in [6.07, 6.45) is 3.11. The molecule has 1 saturated heterocycles. The molecule has 0 aromatic heterocycles. The van der Waals surface area contributed by atoms with Gasteiger partial charge in [0, 0.05) is 5.25 Å². The van der Waals surface area contributed by atoms with Gasteiger partial charge in [0.1, 0.15) is 6.10 Å². The summed E-state index contributed by atoms with van der Waals surface area (Å²) in [7, 11) is 0. The Morgan fingerprint density at radius 3 is 1.60 bits per heavy atom. The van der Waals surface area contributed by atoms with Gasteiger partial charge in [-0.15, -0.1) is 11.8 Å². The Morgan fingerprint density at radius 2 is 1.07 bits per heavy atom. The highest BCUT2D eigenvalue weighted by Crippen LogP contribution is 2.49. The van der Waals surface area contributed by atoms with Crippen LogP contribution in [-0.4, -0.2) is 17.5 Å². The summed E-state index contributed by atoms with van der Waals surface area (Å²) in [6, 6.07) is 39.3. The summed E-state index contributed by atoms with van der Waals surface area (Å²) in [6.45, 7) is 8.04. The molecule has 0 radical (unpaired) electrons. The smallest absolute Gasteiger partial charge is 0.100 e. The zero-order valence-corrected chi connectivity index (χ0v) is 24.9. The van der Waals surface area contributed by atoms with Gasteiger partial charge in [-0.2, -0.15) is 0 Å². The number of rotatable bonds is 11. The van der Waals surface area contributed by atoms with Crippen molar-refractivity contribution in [2.45, 2.75) is 76.0 Å². The minimum atomic E-state index is -0.0424. The molecule has 4 aromatic rings. The summed E-state index contributed by atoms with van der Waals surface area (Å²) >= 11 is 2.07. The van der Waals surface area contributed by atoms with Crippen LogP contribution in [0.25, 0.3) is 0 Å². The molecule has 3 heteroatoms. The zero-order chi connectivity index (χ0) is 27.7. The van der Waals surface area contributed by atoms with Gasteiger partial charge < -0.3 is 9.47 Å². The number of hydrogen-bond acceptors (Lipinski definition) is 3. The summed E-state index contributed by atoms with van der Waals surface area (Å²) in [5.41, 5.74) is 7.81. The van der Waals surface area contributed by atoms with Crippen molar-refractivity contribution in [3.8, 4) is 0 Å². The maximum Gasteiger partial charge on any atom is 0.100 e. The molecule has 1 aliphatic rings. The molecule has 0 amide bonds. The Hall–Kier alpha value is -2.85. The van der Waals surface area contributed by atoms with Crippen LogP contribution < -0.4 is 0 Å². The lowest BCUT2D eigenvalue weighted by Gasteiger charge is -2.45. The standard InChI is InChI=1S/C37H42O2S/c1-4-28-16-18-29(19-17-28)24-30-20-22-33(23-21-30)37-36(39-26-32-14-10-7-11-15-32)35(27(3)34(5-2)40-37)38-25-31-12-8-6-9-13-31/h6-23,27,34-37H,4-5,24-26H2,1-3H3/t27-,34-,35+,36-,37+/m1/s1. The summed E-state index contributed by atoms with van der Waals surface area (Å²) in [5.74, 6) is 0.390. The van der Waals surface area contributed by atoms with E-state index in [4.69, 9.17) is 9.47 Å². The highest BCUT2D eigenvalue weighted by atomic mass is 32.2. The van der Waals surface area contributed by atoms with Gasteiger partial charge in [0.25, 0.3) is 0 Å². The Kier molecular flexibility index (Phi) is 10.2. The van der Waals surface area contributed by atoms with Crippen LogP contribution in [0.4, 0.5) is 0 Å². The van der Waals surface area contributed by atoms with Crippen molar-refractivity contribution >= 4 is 11.8 Å². The first-order valence-electron chi connectivity index (χ1n) is 14.8. The molecular formula is C37H42O2S. The zero-order valence-electron chi connectivity index (χ0n) is 24.0. The minimum absolute atomic E-state index is 0.0110. The second kappa shape index (κ2) is 14.2. The fourth-order valence-corrected chi connectivity index (χ4v) is 7.40. The third kappa shape index (κ3) is 7.26. The van der Waals surface area contributed by atoms with Gasteiger partial charge >= 0.3 is 0 Å². The molecule has 5 rings (SSSR count). The lowest BCUT2D eigenvalue weighted by atomic mass is 9.89. The molecule has 1 aliphatic heterocycles. The van der Waals surface area contributed by atoms with E-state index in [-0.39, 0.29) is 17.5 Å². The van der Waals surface area contributed by atoms with Crippen molar-refractivity contribution in [1.82, 2.24) is 0 Å². The lowest BCUT2D eigenvalue weighted by Crippen LogP contribution is -2.48. The third-order valence-corrected chi connectivity index (χ3v) is 10.1. The Balaban J connectivity index is 1.38. The predicted octanol–water partition coefficient (Wildman–Crippen LogP) is 9.21. The molecule has 2 nitrogen and oxygen atoms in total. The van der Waals surface area contributed by atoms with Crippen LogP contribution in [0.5, 0.6) is 0 Å². The van der Waals surface area contributed by atoms with Gasteiger partial charge in [-0.05, 0) is 58.6 Å². The van der Waals surface area contributed by atoms with E-state index in [1.165, 1.54) is 33.4 Å². The SMILES string of the molecule is CCc1ccc(Cc2ccc([C@@H]3S[C@H](CC)[C@@H](C)[C@H](OCc4ccccc4)[C@H]3OCc3ccccc3)cc2)cc1. The van der Waals surface area contributed by atoms with Crippen molar-refractivity contribution in [2.75, 3.05) is 0 Å². The van der Waals surface area contributed by atoms with Crippen molar-refractivity contribution < 1.29 is 9.47 Å². The molecule has 0 saturated carbocycles. The molecule has 0 bridgehead atoms. The average molecular weight is 551 g/mol. The van der Waals surface area contributed by atoms with Crippen molar-refractivity contribution in [1.29, 1.82) is 0 Å². The fraction of sp³-hybridized carbons (Fsp3) is 0.351. The van der Waals surface area contributed by atoms with E-state index in [1.54, 1.807) is 0 Å². The molecule has 40 heavy (non-hydrogen) atoms. The number of hydrogen-bond donors (Lipinski definition) is 0. The molecule has 1 fully saturated rings. The van der Waals surface area contributed by atoms with Gasteiger partial charge in [-0.1, -0.05) is 130 Å². The maximum absolute atomic E-state index is 6.80. The molecule has 208 valence electrons.